The van der Waals surface area contributed by atoms with Crippen molar-refractivity contribution in [1.29, 1.82) is 0 Å². The molecule has 0 unspecified atom stereocenters. The molecular formula is C11H16Cl2N2O. The summed E-state index contributed by atoms with van der Waals surface area (Å²) in [6, 6.07) is 2.75. The fourth-order valence-corrected chi connectivity index (χ4v) is 2.21. The summed E-state index contributed by atoms with van der Waals surface area (Å²) in [5, 5.41) is 10.5. The zero-order chi connectivity index (χ0) is 12.1. The molecule has 1 rings (SSSR count). The van der Waals surface area contributed by atoms with Gasteiger partial charge in [-0.25, -0.2) is 0 Å². The van der Waals surface area contributed by atoms with Crippen molar-refractivity contribution in [2.24, 2.45) is 11.5 Å². The summed E-state index contributed by atoms with van der Waals surface area (Å²) < 4.78 is 0. The number of nitrogens with two attached hydrogens (primary N) is 2. The predicted molar refractivity (Wildman–Crippen MR) is 68.0 cm³/mol. The van der Waals surface area contributed by atoms with Crippen LogP contribution in [0, 0.1) is 0 Å². The van der Waals surface area contributed by atoms with E-state index in [1.165, 1.54) is 6.07 Å². The van der Waals surface area contributed by atoms with Crippen LogP contribution in [0.5, 0.6) is 5.75 Å². The van der Waals surface area contributed by atoms with Gasteiger partial charge in [0.25, 0.3) is 0 Å². The molecule has 90 valence electrons. The van der Waals surface area contributed by atoms with Gasteiger partial charge >= 0.3 is 0 Å². The molecule has 0 spiro atoms. The van der Waals surface area contributed by atoms with E-state index in [9.17, 15) is 5.11 Å². The van der Waals surface area contributed by atoms with Crippen LogP contribution < -0.4 is 11.5 Å². The Morgan fingerprint density at radius 2 is 1.94 bits per heavy atom. The maximum absolute atomic E-state index is 9.73. The molecular weight excluding hydrogens is 247 g/mol. The molecule has 0 bridgehead atoms. The van der Waals surface area contributed by atoms with Crippen LogP contribution in [0.15, 0.2) is 12.1 Å². The lowest BCUT2D eigenvalue weighted by Crippen LogP contribution is -2.12. The number of benzene rings is 1. The number of halogens is 2. The van der Waals surface area contributed by atoms with Crippen LogP contribution in [0.25, 0.3) is 0 Å². The topological polar surface area (TPSA) is 72.3 Å². The van der Waals surface area contributed by atoms with E-state index in [4.69, 9.17) is 34.7 Å². The molecule has 5 heteroatoms. The fourth-order valence-electron chi connectivity index (χ4n) is 1.59. The Morgan fingerprint density at radius 1 is 1.25 bits per heavy atom. The summed E-state index contributed by atoms with van der Waals surface area (Å²) >= 11 is 11.7. The molecule has 5 N–H and O–H groups in total. The zero-order valence-corrected chi connectivity index (χ0v) is 10.4. The molecule has 0 saturated heterocycles. The molecule has 1 aromatic carbocycles. The lowest BCUT2D eigenvalue weighted by atomic mass is 10.0. The van der Waals surface area contributed by atoms with Gasteiger partial charge in [0.2, 0.25) is 0 Å². The van der Waals surface area contributed by atoms with Gasteiger partial charge in [-0.3, -0.25) is 0 Å². The summed E-state index contributed by atoms with van der Waals surface area (Å²) in [4.78, 5) is 0. The maximum Gasteiger partial charge on any atom is 0.123 e. The Balaban J connectivity index is 2.78. The van der Waals surface area contributed by atoms with Gasteiger partial charge in [0.15, 0.2) is 0 Å². The molecule has 0 aliphatic rings. The van der Waals surface area contributed by atoms with Crippen molar-refractivity contribution in [3.63, 3.8) is 0 Å². The van der Waals surface area contributed by atoms with Crippen molar-refractivity contribution in [2.45, 2.75) is 25.3 Å². The lowest BCUT2D eigenvalue weighted by Gasteiger charge is -2.15. The molecule has 16 heavy (non-hydrogen) atoms. The first-order valence-electron chi connectivity index (χ1n) is 5.19. The third-order valence-electron chi connectivity index (χ3n) is 2.41. The van der Waals surface area contributed by atoms with Gasteiger partial charge in [-0.15, -0.1) is 0 Å². The lowest BCUT2D eigenvalue weighted by molar-refractivity contribution is 0.456. The standard InChI is InChI=1S/C11H16Cl2N2O/c12-7-5-8(13)11(10(16)6-7)9(15)3-1-2-4-14/h5-6,9,16H,1-4,14-15H2/t9-/m0/s1. The van der Waals surface area contributed by atoms with E-state index in [1.54, 1.807) is 6.07 Å². The van der Waals surface area contributed by atoms with E-state index in [0.717, 1.165) is 19.3 Å². The normalized spacial score (nSPS) is 12.8. The molecule has 1 aromatic rings. The summed E-state index contributed by atoms with van der Waals surface area (Å²) in [7, 11) is 0. The number of phenolic OH excluding ortho intramolecular Hbond substituents is 1. The van der Waals surface area contributed by atoms with Crippen LogP contribution in [-0.2, 0) is 0 Å². The fraction of sp³-hybridized carbons (Fsp3) is 0.455. The van der Waals surface area contributed by atoms with Gasteiger partial charge in [0.1, 0.15) is 5.75 Å². The third kappa shape index (κ3) is 3.52. The maximum atomic E-state index is 9.73. The Morgan fingerprint density at radius 3 is 2.50 bits per heavy atom. The molecule has 1 atom stereocenters. The SMILES string of the molecule is NCCCC[C@H](N)c1c(O)cc(Cl)cc1Cl. The first-order chi connectivity index (χ1) is 7.56. The summed E-state index contributed by atoms with van der Waals surface area (Å²) in [6.45, 7) is 0.646. The quantitative estimate of drug-likeness (QED) is 0.715. The zero-order valence-electron chi connectivity index (χ0n) is 8.92. The van der Waals surface area contributed by atoms with Gasteiger partial charge in [-0.2, -0.15) is 0 Å². The van der Waals surface area contributed by atoms with Crippen molar-refractivity contribution in [2.75, 3.05) is 6.54 Å². The minimum Gasteiger partial charge on any atom is -0.508 e. The van der Waals surface area contributed by atoms with E-state index in [-0.39, 0.29) is 11.8 Å². The molecule has 0 aliphatic heterocycles. The van der Waals surface area contributed by atoms with Gasteiger partial charge in [0.05, 0.1) is 5.02 Å². The largest absolute Gasteiger partial charge is 0.508 e. The highest BCUT2D eigenvalue weighted by Crippen LogP contribution is 2.35. The first kappa shape index (κ1) is 13.6. The average Bonchev–Trinajstić information content (AvgIpc) is 2.16. The minimum atomic E-state index is -0.281. The number of aromatic hydroxyl groups is 1. The molecule has 0 heterocycles. The Kier molecular flexibility index (Phi) is 5.35. The summed E-state index contributed by atoms with van der Waals surface area (Å²) in [6.07, 6.45) is 2.57. The van der Waals surface area contributed by atoms with Crippen LogP contribution in [0.4, 0.5) is 0 Å². The monoisotopic (exact) mass is 262 g/mol. The van der Waals surface area contributed by atoms with Gasteiger partial charge in [-0.05, 0) is 31.5 Å². The second-order valence-electron chi connectivity index (χ2n) is 3.71. The molecule has 0 radical (unpaired) electrons. The van der Waals surface area contributed by atoms with Crippen molar-refractivity contribution >= 4 is 23.2 Å². The third-order valence-corrected chi connectivity index (χ3v) is 2.94. The minimum absolute atomic E-state index is 0.0535. The molecule has 0 fully saturated rings. The molecule has 0 saturated carbocycles. The molecule has 0 aliphatic carbocycles. The Bertz CT molecular complexity index is 335. The molecule has 0 aromatic heterocycles. The van der Waals surface area contributed by atoms with Crippen LogP contribution in [0.3, 0.4) is 0 Å². The first-order valence-corrected chi connectivity index (χ1v) is 5.95. The molecule has 0 amide bonds. The highest BCUT2D eigenvalue weighted by Gasteiger charge is 2.15. The van der Waals surface area contributed by atoms with E-state index in [1.807, 2.05) is 0 Å². The van der Waals surface area contributed by atoms with Crippen molar-refractivity contribution < 1.29 is 5.11 Å². The van der Waals surface area contributed by atoms with E-state index in [0.29, 0.717) is 22.2 Å². The van der Waals surface area contributed by atoms with E-state index in [2.05, 4.69) is 0 Å². The number of unbranched alkanes of at least 4 members (excludes halogenated alkanes) is 1. The molecule has 3 nitrogen and oxygen atoms in total. The van der Waals surface area contributed by atoms with Crippen LogP contribution in [0.2, 0.25) is 10.0 Å². The van der Waals surface area contributed by atoms with Crippen molar-refractivity contribution in [3.8, 4) is 5.75 Å². The van der Waals surface area contributed by atoms with Crippen LogP contribution in [0.1, 0.15) is 30.9 Å². The van der Waals surface area contributed by atoms with Crippen LogP contribution in [-0.4, -0.2) is 11.7 Å². The predicted octanol–water partition coefficient (Wildman–Crippen LogP) is 2.83. The Labute approximate surface area is 105 Å². The van der Waals surface area contributed by atoms with E-state index < -0.39 is 0 Å². The Hall–Kier alpha value is -0.480. The highest BCUT2D eigenvalue weighted by molar-refractivity contribution is 6.35. The number of hydrogen-bond donors (Lipinski definition) is 3. The summed E-state index contributed by atoms with van der Waals surface area (Å²) in [5.41, 5.74) is 11.9. The number of rotatable bonds is 5. The second-order valence-corrected chi connectivity index (χ2v) is 4.55. The van der Waals surface area contributed by atoms with Gasteiger partial charge < -0.3 is 16.6 Å². The summed E-state index contributed by atoms with van der Waals surface area (Å²) in [5.74, 6) is 0.0535. The average molecular weight is 263 g/mol. The van der Waals surface area contributed by atoms with Crippen LogP contribution >= 0.6 is 23.2 Å². The number of phenols is 1. The highest BCUT2D eigenvalue weighted by atomic mass is 35.5. The van der Waals surface area contributed by atoms with Crippen molar-refractivity contribution in [1.82, 2.24) is 0 Å². The van der Waals surface area contributed by atoms with Gasteiger partial charge in [-0.1, -0.05) is 29.6 Å². The smallest absolute Gasteiger partial charge is 0.123 e. The van der Waals surface area contributed by atoms with E-state index >= 15 is 0 Å². The van der Waals surface area contributed by atoms with Crippen molar-refractivity contribution in [3.05, 3.63) is 27.7 Å². The number of hydrogen-bond acceptors (Lipinski definition) is 3. The van der Waals surface area contributed by atoms with Gasteiger partial charge in [0, 0.05) is 16.6 Å². The second kappa shape index (κ2) is 6.30.